The molecule has 2 fully saturated rings. The predicted molar refractivity (Wildman–Crippen MR) is 80.1 cm³/mol. The van der Waals surface area contributed by atoms with Crippen LogP contribution in [0.2, 0.25) is 5.02 Å². The highest BCUT2D eigenvalue weighted by Gasteiger charge is 2.22. The third kappa shape index (κ3) is 2.97. The zero-order valence-electron chi connectivity index (χ0n) is 11.6. The molecule has 2 aliphatic rings. The van der Waals surface area contributed by atoms with Crippen LogP contribution in [0.5, 0.6) is 0 Å². The molecule has 0 atom stereocenters. The molecule has 0 saturated carbocycles. The normalized spacial score (nSPS) is 19.8. The van der Waals surface area contributed by atoms with Gasteiger partial charge in [-0.2, -0.15) is 0 Å². The van der Waals surface area contributed by atoms with Gasteiger partial charge in [-0.3, -0.25) is 9.69 Å². The summed E-state index contributed by atoms with van der Waals surface area (Å²) in [6.45, 7) is 6.76. The smallest absolute Gasteiger partial charge is 0.253 e. The van der Waals surface area contributed by atoms with Crippen LogP contribution in [0.15, 0.2) is 18.2 Å². The Morgan fingerprint density at radius 1 is 1.20 bits per heavy atom. The number of benzene rings is 1. The monoisotopic (exact) mass is 293 g/mol. The van der Waals surface area contributed by atoms with E-state index in [1.165, 1.54) is 0 Å². The predicted octanol–water partition coefficient (Wildman–Crippen LogP) is 1.59. The Morgan fingerprint density at radius 3 is 2.55 bits per heavy atom. The fourth-order valence-corrected chi connectivity index (χ4v) is 2.86. The molecule has 3 rings (SSSR count). The van der Waals surface area contributed by atoms with E-state index in [2.05, 4.69) is 10.2 Å². The van der Waals surface area contributed by atoms with Gasteiger partial charge < -0.3 is 10.2 Å². The number of amides is 1. The molecule has 1 aromatic carbocycles. The van der Waals surface area contributed by atoms with Crippen LogP contribution in [0, 0.1) is 0 Å². The molecular formula is C15H20ClN3O. The Hall–Kier alpha value is -1.10. The van der Waals surface area contributed by atoms with Gasteiger partial charge in [-0.1, -0.05) is 17.7 Å². The lowest BCUT2D eigenvalue weighted by Gasteiger charge is -2.31. The molecule has 0 aliphatic carbocycles. The second-order valence-electron chi connectivity index (χ2n) is 5.48. The first-order valence-corrected chi connectivity index (χ1v) is 7.62. The summed E-state index contributed by atoms with van der Waals surface area (Å²) in [7, 11) is 0. The molecule has 0 spiro atoms. The molecule has 5 heteroatoms. The van der Waals surface area contributed by atoms with Gasteiger partial charge in [0.25, 0.3) is 5.91 Å². The van der Waals surface area contributed by atoms with E-state index < -0.39 is 0 Å². The van der Waals surface area contributed by atoms with Crippen LogP contribution in [0.25, 0.3) is 0 Å². The molecule has 4 nitrogen and oxygen atoms in total. The SMILES string of the molecule is O=C(c1ccc(CN2CCNCC2)c(Cl)c1)N1CCC1. The number of nitrogens with one attached hydrogen (secondary N) is 1. The Bertz CT molecular complexity index is 496. The van der Waals surface area contributed by atoms with Gasteiger partial charge in [0, 0.05) is 56.4 Å². The maximum atomic E-state index is 12.1. The van der Waals surface area contributed by atoms with E-state index in [0.717, 1.165) is 57.8 Å². The zero-order chi connectivity index (χ0) is 13.9. The number of nitrogens with zero attached hydrogens (tertiary/aromatic N) is 2. The first kappa shape index (κ1) is 13.9. The number of carbonyl (C=O) groups excluding carboxylic acids is 1. The second kappa shape index (κ2) is 6.12. The summed E-state index contributed by atoms with van der Waals surface area (Å²) in [6.07, 6.45) is 1.11. The van der Waals surface area contributed by atoms with Crippen LogP contribution in [-0.4, -0.2) is 55.0 Å². The minimum atomic E-state index is 0.104. The van der Waals surface area contributed by atoms with Gasteiger partial charge in [-0.15, -0.1) is 0 Å². The highest BCUT2D eigenvalue weighted by Crippen LogP contribution is 2.22. The number of likely N-dealkylation sites (tertiary alicyclic amines) is 1. The van der Waals surface area contributed by atoms with Crippen molar-refractivity contribution in [3.8, 4) is 0 Å². The van der Waals surface area contributed by atoms with Crippen LogP contribution < -0.4 is 5.32 Å². The zero-order valence-corrected chi connectivity index (χ0v) is 12.3. The summed E-state index contributed by atoms with van der Waals surface area (Å²) in [5.41, 5.74) is 1.81. The minimum Gasteiger partial charge on any atom is -0.339 e. The van der Waals surface area contributed by atoms with Crippen molar-refractivity contribution >= 4 is 17.5 Å². The van der Waals surface area contributed by atoms with Gasteiger partial charge in [0.05, 0.1) is 0 Å². The fourth-order valence-electron chi connectivity index (χ4n) is 2.62. The maximum absolute atomic E-state index is 12.1. The van der Waals surface area contributed by atoms with Crippen LogP contribution in [-0.2, 0) is 6.54 Å². The Labute approximate surface area is 124 Å². The molecule has 1 amide bonds. The Balaban J connectivity index is 1.68. The highest BCUT2D eigenvalue weighted by atomic mass is 35.5. The van der Waals surface area contributed by atoms with Crippen molar-refractivity contribution in [1.29, 1.82) is 0 Å². The average Bonchev–Trinajstić information content (AvgIpc) is 2.40. The number of carbonyl (C=O) groups is 1. The average molecular weight is 294 g/mol. The third-order valence-corrected chi connectivity index (χ3v) is 4.40. The van der Waals surface area contributed by atoms with Crippen LogP contribution in [0.3, 0.4) is 0 Å². The van der Waals surface area contributed by atoms with Crippen molar-refractivity contribution in [1.82, 2.24) is 15.1 Å². The first-order chi connectivity index (χ1) is 9.74. The highest BCUT2D eigenvalue weighted by molar-refractivity contribution is 6.31. The van der Waals surface area contributed by atoms with Crippen molar-refractivity contribution < 1.29 is 4.79 Å². The summed E-state index contributed by atoms with van der Waals surface area (Å²) in [5, 5.41) is 4.04. The van der Waals surface area contributed by atoms with Gasteiger partial charge in [-0.05, 0) is 24.1 Å². The lowest BCUT2D eigenvalue weighted by atomic mass is 10.1. The molecule has 0 aromatic heterocycles. The van der Waals surface area contributed by atoms with Crippen molar-refractivity contribution in [3.05, 3.63) is 34.3 Å². The van der Waals surface area contributed by atoms with Crippen LogP contribution in [0.4, 0.5) is 0 Å². The van der Waals surface area contributed by atoms with Crippen LogP contribution >= 0.6 is 11.6 Å². The maximum Gasteiger partial charge on any atom is 0.253 e. The van der Waals surface area contributed by atoms with Crippen molar-refractivity contribution in [2.75, 3.05) is 39.3 Å². The summed E-state index contributed by atoms with van der Waals surface area (Å²) in [5.74, 6) is 0.104. The van der Waals surface area contributed by atoms with Gasteiger partial charge in [-0.25, -0.2) is 0 Å². The van der Waals surface area contributed by atoms with E-state index in [0.29, 0.717) is 10.6 Å². The van der Waals surface area contributed by atoms with Crippen LogP contribution in [0.1, 0.15) is 22.3 Å². The van der Waals surface area contributed by atoms with Gasteiger partial charge in [0.15, 0.2) is 0 Å². The molecule has 2 saturated heterocycles. The molecule has 2 heterocycles. The number of rotatable bonds is 3. The van der Waals surface area contributed by atoms with Crippen molar-refractivity contribution in [2.24, 2.45) is 0 Å². The molecule has 108 valence electrons. The number of hydrogen-bond donors (Lipinski definition) is 1. The fraction of sp³-hybridized carbons (Fsp3) is 0.533. The molecule has 20 heavy (non-hydrogen) atoms. The van der Waals surface area contributed by atoms with E-state index in [1.807, 2.05) is 23.1 Å². The number of piperazine rings is 1. The van der Waals surface area contributed by atoms with Crippen molar-refractivity contribution in [3.63, 3.8) is 0 Å². The topological polar surface area (TPSA) is 35.6 Å². The summed E-state index contributed by atoms with van der Waals surface area (Å²) in [4.78, 5) is 16.4. The first-order valence-electron chi connectivity index (χ1n) is 7.25. The van der Waals surface area contributed by atoms with Gasteiger partial charge in [0.1, 0.15) is 0 Å². The van der Waals surface area contributed by atoms with E-state index >= 15 is 0 Å². The molecule has 2 aliphatic heterocycles. The molecule has 0 unspecified atom stereocenters. The number of halogens is 1. The molecule has 1 aromatic rings. The van der Waals surface area contributed by atoms with E-state index in [4.69, 9.17) is 11.6 Å². The molecule has 0 bridgehead atoms. The van der Waals surface area contributed by atoms with Crippen molar-refractivity contribution in [2.45, 2.75) is 13.0 Å². The lowest BCUT2D eigenvalue weighted by Crippen LogP contribution is -2.43. The standard InChI is InChI=1S/C15H20ClN3O/c16-14-10-12(15(20)19-6-1-7-19)2-3-13(14)11-18-8-4-17-5-9-18/h2-3,10,17H,1,4-9,11H2. The minimum absolute atomic E-state index is 0.104. The molecule has 0 radical (unpaired) electrons. The van der Waals surface area contributed by atoms with E-state index in [-0.39, 0.29) is 5.91 Å². The second-order valence-corrected chi connectivity index (χ2v) is 5.89. The van der Waals surface area contributed by atoms with E-state index in [1.54, 1.807) is 0 Å². The third-order valence-electron chi connectivity index (χ3n) is 4.05. The van der Waals surface area contributed by atoms with Gasteiger partial charge in [0.2, 0.25) is 0 Å². The quantitative estimate of drug-likeness (QED) is 0.919. The number of hydrogen-bond acceptors (Lipinski definition) is 3. The molecular weight excluding hydrogens is 274 g/mol. The Kier molecular flexibility index (Phi) is 4.24. The molecule has 1 N–H and O–H groups in total. The largest absolute Gasteiger partial charge is 0.339 e. The summed E-state index contributed by atoms with van der Waals surface area (Å²) in [6, 6.07) is 5.72. The lowest BCUT2D eigenvalue weighted by molar-refractivity contribution is 0.0652. The Morgan fingerprint density at radius 2 is 1.95 bits per heavy atom. The summed E-state index contributed by atoms with van der Waals surface area (Å²) < 4.78 is 0. The van der Waals surface area contributed by atoms with E-state index in [9.17, 15) is 4.79 Å². The summed E-state index contributed by atoms with van der Waals surface area (Å²) >= 11 is 6.35. The van der Waals surface area contributed by atoms with Gasteiger partial charge >= 0.3 is 0 Å².